The number of rotatable bonds is 5. The van der Waals surface area contributed by atoms with Crippen LogP contribution < -0.4 is 5.32 Å². The van der Waals surface area contributed by atoms with Crippen LogP contribution in [0.5, 0.6) is 0 Å². The van der Waals surface area contributed by atoms with Crippen LogP contribution in [-0.2, 0) is 6.54 Å². The molecule has 0 atom stereocenters. The van der Waals surface area contributed by atoms with Gasteiger partial charge in [-0.05, 0) is 42.0 Å². The van der Waals surface area contributed by atoms with E-state index >= 15 is 0 Å². The van der Waals surface area contributed by atoms with Crippen molar-refractivity contribution in [3.8, 4) is 10.4 Å². The molecule has 1 amide bonds. The number of thiazole rings is 1. The summed E-state index contributed by atoms with van der Waals surface area (Å²) in [6.45, 7) is 0.00804. The molecule has 1 saturated carbocycles. The molecule has 1 aliphatic carbocycles. The summed E-state index contributed by atoms with van der Waals surface area (Å²) < 4.78 is 15.8. The van der Waals surface area contributed by atoms with Gasteiger partial charge >= 0.3 is 0 Å². The minimum atomic E-state index is -0.442. The van der Waals surface area contributed by atoms with Gasteiger partial charge in [-0.2, -0.15) is 0 Å². The third-order valence-electron chi connectivity index (χ3n) is 6.15. The number of aromatic nitrogens is 2. The van der Waals surface area contributed by atoms with Crippen molar-refractivity contribution >= 4 is 33.8 Å². The quantitative estimate of drug-likeness (QED) is 0.349. The zero-order chi connectivity index (χ0) is 22.1. The molecule has 1 aliphatic rings. The van der Waals surface area contributed by atoms with E-state index in [1.54, 1.807) is 23.6 Å². The molecule has 32 heavy (non-hydrogen) atoms. The number of halogens is 2. The first-order chi connectivity index (χ1) is 15.6. The van der Waals surface area contributed by atoms with Gasteiger partial charge in [0.25, 0.3) is 5.91 Å². The summed E-state index contributed by atoms with van der Waals surface area (Å²) in [7, 11) is 0. The van der Waals surface area contributed by atoms with Crippen molar-refractivity contribution in [2.75, 3.05) is 0 Å². The Hall–Kier alpha value is -2.70. The number of benzene rings is 2. The van der Waals surface area contributed by atoms with Gasteiger partial charge in [0.2, 0.25) is 0 Å². The highest BCUT2D eigenvalue weighted by Gasteiger charge is 2.17. The largest absolute Gasteiger partial charge is 0.346 e. The second-order valence-electron chi connectivity index (χ2n) is 8.25. The van der Waals surface area contributed by atoms with Crippen LogP contribution in [0.4, 0.5) is 4.39 Å². The fourth-order valence-electron chi connectivity index (χ4n) is 4.35. The van der Waals surface area contributed by atoms with E-state index in [2.05, 4.69) is 34.6 Å². The molecule has 0 bridgehead atoms. The van der Waals surface area contributed by atoms with Crippen molar-refractivity contribution in [1.82, 2.24) is 14.7 Å². The van der Waals surface area contributed by atoms with E-state index in [1.807, 2.05) is 10.6 Å². The Morgan fingerprint density at radius 2 is 1.91 bits per heavy atom. The Balaban J connectivity index is 1.28. The van der Waals surface area contributed by atoms with Gasteiger partial charge in [-0.3, -0.25) is 9.20 Å². The minimum Gasteiger partial charge on any atom is -0.346 e. The lowest BCUT2D eigenvalue weighted by atomic mass is 9.84. The van der Waals surface area contributed by atoms with Gasteiger partial charge in [0.05, 0.1) is 4.88 Å². The first kappa shape index (κ1) is 21.2. The molecule has 0 saturated heterocycles. The molecule has 5 rings (SSSR count). The lowest BCUT2D eigenvalue weighted by Crippen LogP contribution is -2.23. The molecule has 0 unspecified atom stereocenters. The van der Waals surface area contributed by atoms with E-state index in [1.165, 1.54) is 49.8 Å². The zero-order valence-corrected chi connectivity index (χ0v) is 19.1. The average Bonchev–Trinajstić information content (AvgIpc) is 3.39. The Bertz CT molecular complexity index is 1210. The van der Waals surface area contributed by atoms with E-state index in [0.29, 0.717) is 11.6 Å². The number of fused-ring (bicyclic) bond motifs is 1. The molecular formula is C25H23ClFN3OS. The monoisotopic (exact) mass is 467 g/mol. The van der Waals surface area contributed by atoms with E-state index < -0.39 is 5.82 Å². The zero-order valence-electron chi connectivity index (χ0n) is 17.5. The summed E-state index contributed by atoms with van der Waals surface area (Å²) in [4.78, 5) is 18.8. The smallest absolute Gasteiger partial charge is 0.271 e. The fraction of sp³-hybridized carbons (Fsp3) is 0.280. The number of nitrogens with zero attached hydrogens (tertiary/aromatic N) is 2. The maximum absolute atomic E-state index is 13.9. The maximum Gasteiger partial charge on any atom is 0.271 e. The summed E-state index contributed by atoms with van der Waals surface area (Å²) >= 11 is 7.57. The molecule has 7 heteroatoms. The predicted octanol–water partition coefficient (Wildman–Crippen LogP) is 6.83. The number of hydrogen-bond donors (Lipinski definition) is 1. The SMILES string of the molecule is O=C(NCc1c(F)cccc1Cl)c1cn2cc(-c3ccc(C4CCCCC4)cc3)sc2n1. The van der Waals surface area contributed by atoms with Crippen molar-refractivity contribution in [3.05, 3.63) is 82.5 Å². The van der Waals surface area contributed by atoms with Crippen LogP contribution in [0.1, 0.15) is 59.6 Å². The molecule has 0 aliphatic heterocycles. The normalized spacial score (nSPS) is 14.7. The highest BCUT2D eigenvalue weighted by atomic mass is 35.5. The van der Waals surface area contributed by atoms with E-state index in [4.69, 9.17) is 11.6 Å². The predicted molar refractivity (Wildman–Crippen MR) is 127 cm³/mol. The summed E-state index contributed by atoms with van der Waals surface area (Å²) in [5.41, 5.74) is 3.15. The third kappa shape index (κ3) is 4.30. The number of hydrogen-bond acceptors (Lipinski definition) is 3. The lowest BCUT2D eigenvalue weighted by Gasteiger charge is -2.22. The second kappa shape index (κ2) is 9.04. The molecule has 1 N–H and O–H groups in total. The highest BCUT2D eigenvalue weighted by Crippen LogP contribution is 2.35. The van der Waals surface area contributed by atoms with Crippen molar-refractivity contribution in [1.29, 1.82) is 0 Å². The van der Waals surface area contributed by atoms with E-state index in [0.717, 1.165) is 15.4 Å². The average molecular weight is 468 g/mol. The van der Waals surface area contributed by atoms with Gasteiger partial charge in [0.15, 0.2) is 4.96 Å². The summed E-state index contributed by atoms with van der Waals surface area (Å²) in [6, 6.07) is 13.3. The number of carbonyl (C=O) groups is 1. The number of carbonyl (C=O) groups excluding carboxylic acids is 1. The minimum absolute atomic E-state index is 0.00804. The van der Waals surface area contributed by atoms with Crippen LogP contribution in [0.3, 0.4) is 0 Å². The molecule has 2 aromatic heterocycles. The van der Waals surface area contributed by atoms with Gasteiger partial charge < -0.3 is 5.32 Å². The van der Waals surface area contributed by atoms with Gasteiger partial charge in [-0.15, -0.1) is 0 Å². The summed E-state index contributed by atoms with van der Waals surface area (Å²) in [5.74, 6) is -0.111. The summed E-state index contributed by atoms with van der Waals surface area (Å²) in [5, 5.41) is 2.98. The van der Waals surface area contributed by atoms with Crippen LogP contribution in [-0.4, -0.2) is 15.3 Å². The lowest BCUT2D eigenvalue weighted by molar-refractivity contribution is 0.0946. The van der Waals surface area contributed by atoms with Crippen molar-refractivity contribution in [2.24, 2.45) is 0 Å². The van der Waals surface area contributed by atoms with Crippen molar-refractivity contribution in [2.45, 2.75) is 44.6 Å². The molecule has 1 fully saturated rings. The van der Waals surface area contributed by atoms with E-state index in [9.17, 15) is 9.18 Å². The third-order valence-corrected chi connectivity index (χ3v) is 7.55. The Morgan fingerprint density at radius 1 is 1.12 bits per heavy atom. The summed E-state index contributed by atoms with van der Waals surface area (Å²) in [6.07, 6.45) is 10.3. The maximum atomic E-state index is 13.9. The van der Waals surface area contributed by atoms with Crippen molar-refractivity contribution in [3.63, 3.8) is 0 Å². The Labute approximate surface area is 195 Å². The molecule has 0 radical (unpaired) electrons. The fourth-order valence-corrected chi connectivity index (χ4v) is 5.56. The molecule has 2 aromatic carbocycles. The van der Waals surface area contributed by atoms with Crippen LogP contribution >= 0.6 is 22.9 Å². The van der Waals surface area contributed by atoms with Crippen molar-refractivity contribution < 1.29 is 9.18 Å². The number of amides is 1. The van der Waals surface area contributed by atoms with Crippen LogP contribution in [0.25, 0.3) is 15.4 Å². The van der Waals surface area contributed by atoms with Gasteiger partial charge in [-0.25, -0.2) is 9.37 Å². The molecular weight excluding hydrogens is 445 g/mol. The van der Waals surface area contributed by atoms with Crippen LogP contribution in [0, 0.1) is 5.82 Å². The topological polar surface area (TPSA) is 46.4 Å². The molecule has 2 heterocycles. The number of imidazole rings is 1. The van der Waals surface area contributed by atoms with Gasteiger partial charge in [0, 0.05) is 29.5 Å². The second-order valence-corrected chi connectivity index (χ2v) is 9.67. The standard InChI is InChI=1S/C25H23ClFN3OS/c26-20-7-4-8-21(27)19(20)13-28-24(31)22-14-30-15-23(32-25(30)29-22)18-11-9-17(10-12-18)16-5-2-1-3-6-16/h4,7-12,14-16H,1-3,5-6,13H2,(H,28,31). The highest BCUT2D eigenvalue weighted by molar-refractivity contribution is 7.20. The van der Waals surface area contributed by atoms with E-state index in [-0.39, 0.29) is 23.0 Å². The Morgan fingerprint density at radius 3 is 2.62 bits per heavy atom. The van der Waals surface area contributed by atoms with Crippen LogP contribution in [0.2, 0.25) is 5.02 Å². The molecule has 4 aromatic rings. The van der Waals surface area contributed by atoms with Crippen LogP contribution in [0.15, 0.2) is 54.9 Å². The first-order valence-corrected chi connectivity index (χ1v) is 12.1. The van der Waals surface area contributed by atoms with Gasteiger partial charge in [-0.1, -0.05) is 72.5 Å². The first-order valence-electron chi connectivity index (χ1n) is 10.9. The molecule has 0 spiro atoms. The van der Waals surface area contributed by atoms with Gasteiger partial charge in [0.1, 0.15) is 11.5 Å². The number of nitrogens with one attached hydrogen (secondary N) is 1. The Kier molecular flexibility index (Phi) is 5.98. The molecule has 4 nitrogen and oxygen atoms in total. The molecule has 164 valence electrons.